The number of benzene rings is 3. The van der Waals surface area contributed by atoms with Gasteiger partial charge in [0.15, 0.2) is 11.6 Å². The van der Waals surface area contributed by atoms with Gasteiger partial charge in [0.2, 0.25) is 0 Å². The van der Waals surface area contributed by atoms with E-state index < -0.39 is 0 Å². The molecule has 3 aromatic carbocycles. The molecule has 3 heteroatoms. The highest BCUT2D eigenvalue weighted by atomic mass is 16.1. The second-order valence-electron chi connectivity index (χ2n) is 7.58. The van der Waals surface area contributed by atoms with Crippen molar-refractivity contribution in [3.05, 3.63) is 88.0 Å². The van der Waals surface area contributed by atoms with E-state index in [9.17, 15) is 9.59 Å². The van der Waals surface area contributed by atoms with Crippen molar-refractivity contribution in [1.29, 1.82) is 0 Å². The molecule has 3 aromatic rings. The highest BCUT2D eigenvalue weighted by Gasteiger charge is 2.39. The summed E-state index contributed by atoms with van der Waals surface area (Å²) in [7, 11) is 6.00. The van der Waals surface area contributed by atoms with Crippen LogP contribution in [0, 0.1) is 0 Å². The molecule has 26 heavy (non-hydrogen) atoms. The van der Waals surface area contributed by atoms with E-state index in [4.69, 9.17) is 7.85 Å². The highest BCUT2D eigenvalue weighted by molar-refractivity contribution is 6.32. The monoisotopic (exact) mass is 334 g/mol. The fraction of sp³-hybridized carbons (Fsp3) is 0.130. The Balaban J connectivity index is 1.82. The van der Waals surface area contributed by atoms with Crippen LogP contribution in [0.1, 0.15) is 56.8 Å². The lowest BCUT2D eigenvalue weighted by Gasteiger charge is -2.24. The van der Waals surface area contributed by atoms with Gasteiger partial charge in [-0.25, -0.2) is 0 Å². The van der Waals surface area contributed by atoms with E-state index in [2.05, 4.69) is 13.8 Å². The molecule has 0 fully saturated rings. The Morgan fingerprint density at radius 3 is 1.88 bits per heavy atom. The summed E-state index contributed by atoms with van der Waals surface area (Å²) in [5.41, 5.74) is 6.72. The molecule has 122 valence electrons. The van der Waals surface area contributed by atoms with Gasteiger partial charge in [0.05, 0.1) is 0 Å². The lowest BCUT2D eigenvalue weighted by atomic mass is 9.77. The van der Waals surface area contributed by atoms with Crippen LogP contribution in [0.4, 0.5) is 0 Å². The second kappa shape index (κ2) is 4.82. The average Bonchev–Trinajstić information content (AvgIpc) is 2.85. The predicted molar refractivity (Wildman–Crippen MR) is 103 cm³/mol. The van der Waals surface area contributed by atoms with E-state index in [1.54, 1.807) is 24.3 Å². The third kappa shape index (κ3) is 1.78. The minimum Gasteiger partial charge on any atom is -0.289 e. The first-order valence-corrected chi connectivity index (χ1v) is 8.67. The molecule has 5 rings (SSSR count). The van der Waals surface area contributed by atoms with E-state index in [0.29, 0.717) is 27.7 Å². The Bertz CT molecular complexity index is 1150. The van der Waals surface area contributed by atoms with Crippen molar-refractivity contribution in [2.24, 2.45) is 0 Å². The van der Waals surface area contributed by atoms with Crippen LogP contribution in [-0.4, -0.2) is 19.4 Å². The molecule has 0 amide bonds. The van der Waals surface area contributed by atoms with Gasteiger partial charge in [0.25, 0.3) is 0 Å². The van der Waals surface area contributed by atoms with Crippen LogP contribution < -0.4 is 5.46 Å². The molecule has 2 radical (unpaired) electrons. The van der Waals surface area contributed by atoms with Gasteiger partial charge in [0.1, 0.15) is 7.85 Å². The summed E-state index contributed by atoms with van der Waals surface area (Å²) in [4.78, 5) is 26.0. The van der Waals surface area contributed by atoms with Crippen LogP contribution in [0.15, 0.2) is 54.6 Å². The molecule has 0 spiro atoms. The predicted octanol–water partition coefficient (Wildman–Crippen LogP) is 3.56. The molecule has 0 unspecified atom stereocenters. The number of ketones is 2. The largest absolute Gasteiger partial charge is 0.289 e. The Kier molecular flexibility index (Phi) is 2.84. The SMILES string of the molecule is [B]c1ccc2c(c1)C(C)(C)c1cc3c(cc1-2)C(=O)c1ccccc1C3=O. The number of hydrogen-bond donors (Lipinski definition) is 0. The standard InChI is InChI=1S/C23H15BO2/c1-23(2)19-9-12(24)7-8-13(19)16-10-17-18(11-20(16)23)22(26)15-6-4-3-5-14(15)21(17)25/h3-11H,1-2H3. The van der Waals surface area contributed by atoms with Gasteiger partial charge in [-0.2, -0.15) is 0 Å². The summed E-state index contributed by atoms with van der Waals surface area (Å²) >= 11 is 0. The first-order valence-electron chi connectivity index (χ1n) is 8.67. The lowest BCUT2D eigenvalue weighted by molar-refractivity contribution is 0.0979. The fourth-order valence-corrected chi connectivity index (χ4v) is 4.34. The van der Waals surface area contributed by atoms with Gasteiger partial charge in [-0.15, -0.1) is 0 Å². The number of rotatable bonds is 0. The first-order chi connectivity index (χ1) is 12.4. The van der Waals surface area contributed by atoms with Crippen LogP contribution in [0.3, 0.4) is 0 Å². The van der Waals surface area contributed by atoms with Crippen LogP contribution >= 0.6 is 0 Å². The third-order valence-electron chi connectivity index (χ3n) is 5.74. The molecule has 0 atom stereocenters. The van der Waals surface area contributed by atoms with Crippen molar-refractivity contribution in [3.63, 3.8) is 0 Å². The van der Waals surface area contributed by atoms with E-state index in [-0.39, 0.29) is 17.0 Å². The molecule has 0 heterocycles. The molecular weight excluding hydrogens is 319 g/mol. The van der Waals surface area contributed by atoms with Crippen LogP contribution in [0.2, 0.25) is 0 Å². The third-order valence-corrected chi connectivity index (χ3v) is 5.74. The number of hydrogen-bond acceptors (Lipinski definition) is 2. The van der Waals surface area contributed by atoms with Gasteiger partial charge in [-0.1, -0.05) is 61.8 Å². The van der Waals surface area contributed by atoms with Gasteiger partial charge in [0, 0.05) is 27.7 Å². The smallest absolute Gasteiger partial charge is 0.194 e. The molecule has 2 nitrogen and oxygen atoms in total. The van der Waals surface area contributed by atoms with E-state index in [1.807, 2.05) is 30.3 Å². The minimum atomic E-state index is -0.268. The molecule has 0 N–H and O–H groups in total. The fourth-order valence-electron chi connectivity index (χ4n) is 4.34. The highest BCUT2D eigenvalue weighted by Crippen LogP contribution is 2.49. The molecule has 0 bridgehead atoms. The number of fused-ring (bicyclic) bond motifs is 5. The van der Waals surface area contributed by atoms with Crippen molar-refractivity contribution in [1.82, 2.24) is 0 Å². The van der Waals surface area contributed by atoms with Crippen molar-refractivity contribution in [3.8, 4) is 11.1 Å². The normalized spacial score (nSPS) is 15.9. The molecular formula is C23H15BO2. The van der Waals surface area contributed by atoms with E-state index in [0.717, 1.165) is 22.3 Å². The average molecular weight is 334 g/mol. The maximum atomic E-state index is 13.0. The first kappa shape index (κ1) is 15.3. The molecule has 0 saturated heterocycles. The minimum absolute atomic E-state index is 0.0794. The zero-order valence-corrected chi connectivity index (χ0v) is 14.6. The summed E-state index contributed by atoms with van der Waals surface area (Å²) in [5.74, 6) is -0.163. The lowest BCUT2D eigenvalue weighted by Crippen LogP contribution is -2.23. The van der Waals surface area contributed by atoms with Gasteiger partial charge in [-0.3, -0.25) is 9.59 Å². The second-order valence-corrected chi connectivity index (χ2v) is 7.58. The van der Waals surface area contributed by atoms with Crippen molar-refractivity contribution < 1.29 is 9.59 Å². The van der Waals surface area contributed by atoms with E-state index >= 15 is 0 Å². The van der Waals surface area contributed by atoms with E-state index in [1.165, 1.54) is 0 Å². The van der Waals surface area contributed by atoms with Gasteiger partial charge < -0.3 is 0 Å². The van der Waals surface area contributed by atoms with Gasteiger partial charge in [-0.05, 0) is 34.4 Å². The maximum absolute atomic E-state index is 13.0. The van der Waals surface area contributed by atoms with Crippen molar-refractivity contribution in [2.45, 2.75) is 19.3 Å². The number of carbonyl (C=O) groups is 2. The number of carbonyl (C=O) groups excluding carboxylic acids is 2. The molecule has 0 saturated carbocycles. The summed E-state index contributed by atoms with van der Waals surface area (Å²) in [6.45, 7) is 4.26. The summed E-state index contributed by atoms with van der Waals surface area (Å²) in [5, 5.41) is 0. The summed E-state index contributed by atoms with van der Waals surface area (Å²) in [6.07, 6.45) is 0. The maximum Gasteiger partial charge on any atom is 0.194 e. The molecule has 0 aliphatic heterocycles. The zero-order valence-electron chi connectivity index (χ0n) is 14.6. The summed E-state index contributed by atoms with van der Waals surface area (Å²) < 4.78 is 0. The van der Waals surface area contributed by atoms with Gasteiger partial charge >= 0.3 is 0 Å². The van der Waals surface area contributed by atoms with Crippen LogP contribution in [-0.2, 0) is 5.41 Å². The quantitative estimate of drug-likeness (QED) is 0.461. The van der Waals surface area contributed by atoms with Crippen molar-refractivity contribution >= 4 is 24.9 Å². The van der Waals surface area contributed by atoms with Crippen LogP contribution in [0.5, 0.6) is 0 Å². The topological polar surface area (TPSA) is 34.1 Å². The molecule has 2 aliphatic carbocycles. The Morgan fingerprint density at radius 1 is 0.654 bits per heavy atom. The Labute approximate surface area is 153 Å². The zero-order chi connectivity index (χ0) is 18.2. The summed E-state index contributed by atoms with van der Waals surface area (Å²) in [6, 6.07) is 16.7. The molecule has 0 aromatic heterocycles. The van der Waals surface area contributed by atoms with Crippen molar-refractivity contribution in [2.75, 3.05) is 0 Å². The van der Waals surface area contributed by atoms with Crippen LogP contribution in [0.25, 0.3) is 11.1 Å². The Hall–Kier alpha value is -2.94. The Morgan fingerprint density at radius 2 is 1.23 bits per heavy atom. The molecule has 2 aliphatic rings.